The molecule has 1 aromatic carbocycles. The van der Waals surface area contributed by atoms with E-state index < -0.39 is 0 Å². The van der Waals surface area contributed by atoms with Gasteiger partial charge in [-0.1, -0.05) is 12.2 Å². The van der Waals surface area contributed by atoms with Crippen LogP contribution in [0.5, 0.6) is 5.75 Å². The zero-order chi connectivity index (χ0) is 16.4. The van der Waals surface area contributed by atoms with Crippen molar-refractivity contribution in [2.45, 2.75) is 0 Å². The van der Waals surface area contributed by atoms with Gasteiger partial charge in [0.15, 0.2) is 0 Å². The largest absolute Gasteiger partial charge is 0.495 e. The Morgan fingerprint density at radius 3 is 2.91 bits per heavy atom. The van der Waals surface area contributed by atoms with Crippen LogP contribution in [-0.2, 0) is 4.79 Å². The molecule has 0 atom stereocenters. The minimum Gasteiger partial charge on any atom is -0.495 e. The van der Waals surface area contributed by atoms with E-state index in [4.69, 9.17) is 15.6 Å². The normalized spacial score (nSPS) is 15.2. The van der Waals surface area contributed by atoms with E-state index in [1.807, 2.05) is 0 Å². The van der Waals surface area contributed by atoms with E-state index in [1.165, 1.54) is 0 Å². The molecule has 0 spiro atoms. The van der Waals surface area contributed by atoms with Crippen LogP contribution in [0.15, 0.2) is 30.5 Å². The zero-order valence-corrected chi connectivity index (χ0v) is 12.6. The summed E-state index contributed by atoms with van der Waals surface area (Å²) in [6.45, 7) is -0.103. The Morgan fingerprint density at radius 1 is 1.35 bits per heavy atom. The number of anilines is 2. The summed E-state index contributed by atoms with van der Waals surface area (Å²) < 4.78 is 5.26. The van der Waals surface area contributed by atoms with Crippen molar-refractivity contribution in [1.82, 2.24) is 4.98 Å². The van der Waals surface area contributed by atoms with Crippen LogP contribution in [0, 0.1) is 0 Å². The second-order valence-corrected chi connectivity index (χ2v) is 5.05. The molecule has 5 N–H and O–H groups in total. The number of fused-ring (bicyclic) bond motifs is 1. The molecule has 118 valence electrons. The number of H-pyrrole nitrogens is 1. The number of hydrogen-bond donors (Lipinski definition) is 4. The van der Waals surface area contributed by atoms with Crippen LogP contribution in [0.4, 0.5) is 11.4 Å². The summed E-state index contributed by atoms with van der Waals surface area (Å²) in [6.07, 6.45) is 6.77. The third-order valence-electron chi connectivity index (χ3n) is 3.68. The minimum atomic E-state index is -0.207. The lowest BCUT2D eigenvalue weighted by molar-refractivity contribution is -0.110. The van der Waals surface area contributed by atoms with Gasteiger partial charge in [-0.05, 0) is 24.3 Å². The molecule has 0 saturated heterocycles. The Bertz CT molecular complexity index is 818. The number of amides is 1. The molecule has 1 amide bonds. The second kappa shape index (κ2) is 6.02. The SMILES string of the molecule is COc1cc[nH]c1/C=C1\C(=O)Nc2ccc(N)c(/C=C/CO)c21. The zero-order valence-electron chi connectivity index (χ0n) is 12.6. The lowest BCUT2D eigenvalue weighted by Crippen LogP contribution is -2.03. The van der Waals surface area contributed by atoms with Crippen LogP contribution in [0.1, 0.15) is 16.8 Å². The average Bonchev–Trinajstić information content (AvgIpc) is 3.12. The van der Waals surface area contributed by atoms with E-state index in [1.54, 1.807) is 49.7 Å². The Balaban J connectivity index is 2.18. The van der Waals surface area contributed by atoms with Crippen LogP contribution in [0.25, 0.3) is 17.7 Å². The number of ether oxygens (including phenoxy) is 1. The predicted octanol–water partition coefficient (Wildman–Crippen LogP) is 2.10. The molecule has 1 aliphatic rings. The van der Waals surface area contributed by atoms with E-state index in [0.717, 1.165) is 5.56 Å². The van der Waals surface area contributed by atoms with Gasteiger partial charge in [0.2, 0.25) is 0 Å². The van der Waals surface area contributed by atoms with Gasteiger partial charge in [-0.3, -0.25) is 4.79 Å². The number of nitrogens with two attached hydrogens (primary N) is 1. The number of nitrogens with one attached hydrogen (secondary N) is 2. The van der Waals surface area contributed by atoms with E-state index in [2.05, 4.69) is 10.3 Å². The molecule has 23 heavy (non-hydrogen) atoms. The molecule has 2 heterocycles. The summed E-state index contributed by atoms with van der Waals surface area (Å²) in [6, 6.07) is 5.28. The number of hydrogen-bond acceptors (Lipinski definition) is 4. The molecule has 6 heteroatoms. The molecule has 0 bridgehead atoms. The maximum absolute atomic E-state index is 12.3. The average molecular weight is 311 g/mol. The summed E-state index contributed by atoms with van der Waals surface area (Å²) in [4.78, 5) is 15.4. The molecule has 0 unspecified atom stereocenters. The van der Waals surface area contributed by atoms with E-state index in [-0.39, 0.29) is 12.5 Å². The highest BCUT2D eigenvalue weighted by molar-refractivity contribution is 6.36. The molecule has 0 radical (unpaired) electrons. The fourth-order valence-electron chi connectivity index (χ4n) is 2.62. The number of rotatable bonds is 4. The minimum absolute atomic E-state index is 0.103. The molecular formula is C17H17N3O3. The second-order valence-electron chi connectivity index (χ2n) is 5.05. The number of aliphatic hydroxyl groups excluding tert-OH is 1. The van der Waals surface area contributed by atoms with Crippen molar-refractivity contribution in [2.75, 3.05) is 24.8 Å². The van der Waals surface area contributed by atoms with Crippen LogP contribution >= 0.6 is 0 Å². The number of aromatic nitrogens is 1. The first-order chi connectivity index (χ1) is 11.2. The number of aliphatic hydroxyl groups is 1. The molecule has 0 saturated carbocycles. The van der Waals surface area contributed by atoms with Crippen molar-refractivity contribution >= 4 is 35.0 Å². The van der Waals surface area contributed by atoms with E-state index >= 15 is 0 Å². The number of nitrogen functional groups attached to an aromatic ring is 1. The summed E-state index contributed by atoms with van der Waals surface area (Å²) >= 11 is 0. The highest BCUT2D eigenvalue weighted by atomic mass is 16.5. The van der Waals surface area contributed by atoms with Gasteiger partial charge in [0.25, 0.3) is 5.91 Å². The van der Waals surface area contributed by atoms with Crippen LogP contribution < -0.4 is 15.8 Å². The molecule has 0 aliphatic carbocycles. The third kappa shape index (κ3) is 2.60. The molecule has 1 aliphatic heterocycles. The molecular weight excluding hydrogens is 294 g/mol. The van der Waals surface area contributed by atoms with Gasteiger partial charge >= 0.3 is 0 Å². The van der Waals surface area contributed by atoms with Gasteiger partial charge in [-0.2, -0.15) is 0 Å². The lowest BCUT2D eigenvalue weighted by Gasteiger charge is -2.08. The van der Waals surface area contributed by atoms with Crippen molar-refractivity contribution < 1.29 is 14.6 Å². The predicted molar refractivity (Wildman–Crippen MR) is 90.8 cm³/mol. The number of benzene rings is 1. The van der Waals surface area contributed by atoms with Crippen molar-refractivity contribution in [3.8, 4) is 5.75 Å². The topological polar surface area (TPSA) is 100 Å². The van der Waals surface area contributed by atoms with Crippen molar-refractivity contribution in [3.05, 3.63) is 47.3 Å². The number of carbonyl (C=O) groups excluding carboxylic acids is 1. The summed E-state index contributed by atoms with van der Waals surface area (Å²) in [5, 5.41) is 11.8. The van der Waals surface area contributed by atoms with Gasteiger partial charge in [-0.25, -0.2) is 0 Å². The number of methoxy groups -OCH3 is 1. The quantitative estimate of drug-likeness (QED) is 0.513. The van der Waals surface area contributed by atoms with Crippen LogP contribution in [0.2, 0.25) is 0 Å². The van der Waals surface area contributed by atoms with Gasteiger partial charge in [-0.15, -0.1) is 0 Å². The first-order valence-corrected chi connectivity index (χ1v) is 7.10. The van der Waals surface area contributed by atoms with Crippen molar-refractivity contribution in [3.63, 3.8) is 0 Å². The molecule has 2 aromatic rings. The van der Waals surface area contributed by atoms with Crippen LogP contribution in [0.3, 0.4) is 0 Å². The van der Waals surface area contributed by atoms with E-state index in [9.17, 15) is 4.79 Å². The molecule has 1 aromatic heterocycles. The summed E-state index contributed by atoms with van der Waals surface area (Å²) in [5.41, 5.74) is 9.88. The maximum Gasteiger partial charge on any atom is 0.256 e. The summed E-state index contributed by atoms with van der Waals surface area (Å²) in [7, 11) is 1.57. The monoisotopic (exact) mass is 311 g/mol. The molecule has 3 rings (SSSR count). The first-order valence-electron chi connectivity index (χ1n) is 7.10. The van der Waals surface area contributed by atoms with E-state index in [0.29, 0.717) is 34.0 Å². The number of carbonyl (C=O) groups is 1. The fourth-order valence-corrected chi connectivity index (χ4v) is 2.62. The Hall–Kier alpha value is -2.99. The lowest BCUT2D eigenvalue weighted by atomic mass is 9.97. The maximum atomic E-state index is 12.3. The third-order valence-corrected chi connectivity index (χ3v) is 3.68. The first kappa shape index (κ1) is 14.9. The standard InChI is InChI=1S/C17H17N3O3/c1-23-15-6-7-19-14(15)9-11-16-10(3-2-8-21)12(18)4-5-13(16)20-17(11)22/h2-7,9,19,21H,8,18H2,1H3,(H,20,22)/b3-2+,11-9-. The highest BCUT2D eigenvalue weighted by Crippen LogP contribution is 2.39. The smallest absolute Gasteiger partial charge is 0.256 e. The van der Waals surface area contributed by atoms with Gasteiger partial charge in [0, 0.05) is 28.7 Å². The molecule has 6 nitrogen and oxygen atoms in total. The van der Waals surface area contributed by atoms with Gasteiger partial charge in [0.1, 0.15) is 5.75 Å². The number of aromatic amines is 1. The summed E-state index contributed by atoms with van der Waals surface area (Å²) in [5.74, 6) is 0.441. The van der Waals surface area contributed by atoms with Crippen molar-refractivity contribution in [1.29, 1.82) is 0 Å². The highest BCUT2D eigenvalue weighted by Gasteiger charge is 2.27. The van der Waals surface area contributed by atoms with Crippen molar-refractivity contribution in [2.24, 2.45) is 0 Å². The fraction of sp³-hybridized carbons (Fsp3) is 0.118. The van der Waals surface area contributed by atoms with Gasteiger partial charge < -0.3 is 25.9 Å². The molecule has 0 fully saturated rings. The van der Waals surface area contributed by atoms with Crippen LogP contribution in [-0.4, -0.2) is 29.7 Å². The Morgan fingerprint density at radius 2 is 2.17 bits per heavy atom. The van der Waals surface area contributed by atoms with Gasteiger partial charge in [0.05, 0.1) is 25.0 Å². The Kier molecular flexibility index (Phi) is 3.91. The Labute approximate surface area is 133 Å².